The molecule has 1 aliphatic rings. The predicted octanol–water partition coefficient (Wildman–Crippen LogP) is 1.84. The summed E-state index contributed by atoms with van der Waals surface area (Å²) in [6, 6.07) is -0.240. The maximum absolute atomic E-state index is 12.3. The van der Waals surface area contributed by atoms with Crippen LogP contribution in [-0.2, 0) is 9.53 Å². The number of carboxylic acid groups (broad SMARTS) is 1. The summed E-state index contributed by atoms with van der Waals surface area (Å²) in [5.41, 5.74) is -0.719. The monoisotopic (exact) mass is 286 g/mol. The molecular formula is C14H26N2O4. The zero-order chi connectivity index (χ0) is 15.4. The van der Waals surface area contributed by atoms with Crippen molar-refractivity contribution in [3.8, 4) is 0 Å². The minimum absolute atomic E-state index is 0.0571. The molecule has 0 aromatic rings. The van der Waals surface area contributed by atoms with Gasteiger partial charge in [0.1, 0.15) is 0 Å². The molecule has 0 bridgehead atoms. The van der Waals surface area contributed by atoms with Crippen LogP contribution in [0.1, 0.15) is 47.0 Å². The number of carbonyl (C=O) groups excluding carboxylic acids is 1. The maximum atomic E-state index is 12.3. The van der Waals surface area contributed by atoms with E-state index < -0.39 is 11.5 Å². The van der Waals surface area contributed by atoms with Gasteiger partial charge in [0, 0.05) is 25.2 Å². The van der Waals surface area contributed by atoms with E-state index in [9.17, 15) is 9.59 Å². The number of urea groups is 1. The highest BCUT2D eigenvalue weighted by molar-refractivity contribution is 5.76. The van der Waals surface area contributed by atoms with E-state index in [1.807, 2.05) is 27.7 Å². The lowest BCUT2D eigenvalue weighted by Crippen LogP contribution is -2.53. The summed E-state index contributed by atoms with van der Waals surface area (Å²) in [5, 5.41) is 11.6. The van der Waals surface area contributed by atoms with Crippen molar-refractivity contribution in [2.45, 2.75) is 58.1 Å². The first-order chi connectivity index (χ1) is 9.14. The summed E-state index contributed by atoms with van der Waals surface area (Å²) in [6.45, 7) is 9.04. The van der Waals surface area contributed by atoms with Crippen molar-refractivity contribution >= 4 is 12.0 Å². The van der Waals surface area contributed by atoms with Crippen molar-refractivity contribution < 1.29 is 19.4 Å². The number of ether oxygens (including phenoxy) is 1. The highest BCUT2D eigenvalue weighted by atomic mass is 16.5. The van der Waals surface area contributed by atoms with Gasteiger partial charge in [0.15, 0.2) is 0 Å². The summed E-state index contributed by atoms with van der Waals surface area (Å²) in [6.07, 6.45) is 1.88. The Bertz CT molecular complexity index is 357. The third-order valence-corrected chi connectivity index (χ3v) is 3.52. The minimum Gasteiger partial charge on any atom is -0.481 e. The van der Waals surface area contributed by atoms with Gasteiger partial charge in [-0.05, 0) is 40.5 Å². The van der Waals surface area contributed by atoms with Gasteiger partial charge in [-0.15, -0.1) is 0 Å². The molecule has 6 nitrogen and oxygen atoms in total. The lowest BCUT2D eigenvalue weighted by Gasteiger charge is -2.36. The Kier molecular flexibility index (Phi) is 5.39. The lowest BCUT2D eigenvalue weighted by atomic mass is 10.0. The number of hydrogen-bond donors (Lipinski definition) is 2. The minimum atomic E-state index is -0.905. The van der Waals surface area contributed by atoms with Crippen molar-refractivity contribution in [3.05, 3.63) is 0 Å². The summed E-state index contributed by atoms with van der Waals surface area (Å²) < 4.78 is 5.63. The van der Waals surface area contributed by atoms with E-state index in [2.05, 4.69) is 5.32 Å². The molecule has 2 amide bonds. The van der Waals surface area contributed by atoms with Gasteiger partial charge in [-0.3, -0.25) is 4.79 Å². The molecule has 0 radical (unpaired) electrons. The number of amides is 2. The highest BCUT2D eigenvalue weighted by Crippen LogP contribution is 2.24. The van der Waals surface area contributed by atoms with Gasteiger partial charge in [0.2, 0.25) is 0 Å². The van der Waals surface area contributed by atoms with Crippen LogP contribution in [0.25, 0.3) is 0 Å². The number of hydrogen-bond acceptors (Lipinski definition) is 3. The van der Waals surface area contributed by atoms with Gasteiger partial charge in [0.25, 0.3) is 0 Å². The summed E-state index contributed by atoms with van der Waals surface area (Å²) >= 11 is 0. The molecule has 0 saturated carbocycles. The van der Waals surface area contributed by atoms with Gasteiger partial charge >= 0.3 is 12.0 Å². The van der Waals surface area contributed by atoms with Crippen LogP contribution in [-0.4, -0.2) is 52.8 Å². The van der Waals surface area contributed by atoms with Crippen LogP contribution in [0.3, 0.4) is 0 Å². The largest absolute Gasteiger partial charge is 0.481 e. The van der Waals surface area contributed by atoms with Crippen molar-refractivity contribution in [3.63, 3.8) is 0 Å². The third kappa shape index (κ3) is 5.00. The predicted molar refractivity (Wildman–Crippen MR) is 75.7 cm³/mol. The van der Waals surface area contributed by atoms with Gasteiger partial charge in [-0.25, -0.2) is 4.79 Å². The first-order valence-electron chi connectivity index (χ1n) is 7.05. The molecule has 0 aromatic heterocycles. The van der Waals surface area contributed by atoms with E-state index in [0.29, 0.717) is 6.54 Å². The zero-order valence-corrected chi connectivity index (χ0v) is 12.9. The molecule has 1 aliphatic heterocycles. The van der Waals surface area contributed by atoms with Crippen LogP contribution < -0.4 is 5.32 Å². The standard InChI is InChI=1S/C14H26N2O4/c1-13(2,3)16(8-6-11(17)18)12(19)15-10-14(4)7-5-9-20-14/h5-10H2,1-4H3,(H,15,19)(H,17,18). The second-order valence-corrected chi connectivity index (χ2v) is 6.53. The van der Waals surface area contributed by atoms with Gasteiger partial charge in [-0.2, -0.15) is 0 Å². The van der Waals surface area contributed by atoms with Crippen LogP contribution in [0.15, 0.2) is 0 Å². The van der Waals surface area contributed by atoms with Crippen molar-refractivity contribution in [1.82, 2.24) is 10.2 Å². The van der Waals surface area contributed by atoms with Crippen LogP contribution >= 0.6 is 0 Å². The lowest BCUT2D eigenvalue weighted by molar-refractivity contribution is -0.137. The quantitative estimate of drug-likeness (QED) is 0.808. The topological polar surface area (TPSA) is 78.9 Å². The number of aliphatic carboxylic acids is 1. The van der Waals surface area contributed by atoms with Crippen LogP contribution in [0.2, 0.25) is 0 Å². The molecule has 0 spiro atoms. The molecule has 0 aliphatic carbocycles. The molecule has 1 saturated heterocycles. The second-order valence-electron chi connectivity index (χ2n) is 6.53. The molecule has 6 heteroatoms. The molecule has 1 rings (SSSR count). The Balaban J connectivity index is 2.56. The van der Waals surface area contributed by atoms with E-state index >= 15 is 0 Å². The van der Waals surface area contributed by atoms with E-state index in [1.54, 1.807) is 4.90 Å². The van der Waals surface area contributed by atoms with E-state index in [-0.39, 0.29) is 24.6 Å². The molecule has 2 N–H and O–H groups in total. The maximum Gasteiger partial charge on any atom is 0.317 e. The van der Waals surface area contributed by atoms with E-state index in [4.69, 9.17) is 9.84 Å². The Morgan fingerprint density at radius 1 is 1.40 bits per heavy atom. The molecule has 0 aromatic carbocycles. The highest BCUT2D eigenvalue weighted by Gasteiger charge is 2.32. The second kappa shape index (κ2) is 6.43. The summed E-state index contributed by atoms with van der Waals surface area (Å²) in [4.78, 5) is 24.5. The van der Waals surface area contributed by atoms with Gasteiger partial charge in [0.05, 0.1) is 12.0 Å². The summed E-state index contributed by atoms with van der Waals surface area (Å²) in [5.74, 6) is -0.905. The van der Waals surface area contributed by atoms with E-state index in [0.717, 1.165) is 19.4 Å². The van der Waals surface area contributed by atoms with Crippen LogP contribution in [0.4, 0.5) is 4.79 Å². The Morgan fingerprint density at radius 2 is 2.05 bits per heavy atom. The average Bonchev–Trinajstić information content (AvgIpc) is 2.72. The number of nitrogens with zero attached hydrogens (tertiary/aromatic N) is 1. The molecule has 1 unspecified atom stereocenters. The third-order valence-electron chi connectivity index (χ3n) is 3.52. The molecule has 1 heterocycles. The Morgan fingerprint density at radius 3 is 2.50 bits per heavy atom. The fraction of sp³-hybridized carbons (Fsp3) is 0.857. The van der Waals surface area contributed by atoms with Crippen LogP contribution in [0.5, 0.6) is 0 Å². The Hall–Kier alpha value is -1.30. The number of carbonyl (C=O) groups is 2. The van der Waals surface area contributed by atoms with Crippen molar-refractivity contribution in [2.24, 2.45) is 0 Å². The molecule has 1 fully saturated rings. The molecule has 116 valence electrons. The van der Waals surface area contributed by atoms with Crippen molar-refractivity contribution in [2.75, 3.05) is 19.7 Å². The number of carboxylic acids is 1. The number of rotatable bonds is 5. The first-order valence-corrected chi connectivity index (χ1v) is 7.05. The normalized spacial score (nSPS) is 22.6. The van der Waals surface area contributed by atoms with Gasteiger partial charge < -0.3 is 20.1 Å². The first kappa shape index (κ1) is 16.8. The smallest absolute Gasteiger partial charge is 0.317 e. The molecular weight excluding hydrogens is 260 g/mol. The fourth-order valence-electron chi connectivity index (χ4n) is 2.28. The van der Waals surface area contributed by atoms with Crippen molar-refractivity contribution in [1.29, 1.82) is 0 Å². The molecule has 1 atom stereocenters. The number of nitrogens with one attached hydrogen (secondary N) is 1. The average molecular weight is 286 g/mol. The Labute approximate surface area is 120 Å². The van der Waals surface area contributed by atoms with Gasteiger partial charge in [-0.1, -0.05) is 0 Å². The zero-order valence-electron chi connectivity index (χ0n) is 12.9. The van der Waals surface area contributed by atoms with Crippen LogP contribution in [0, 0.1) is 0 Å². The fourth-order valence-corrected chi connectivity index (χ4v) is 2.28. The summed E-state index contributed by atoms with van der Waals surface area (Å²) in [7, 11) is 0. The SMILES string of the molecule is CC1(CNC(=O)N(CCC(=O)O)C(C)(C)C)CCCO1. The molecule has 20 heavy (non-hydrogen) atoms. The van der Waals surface area contributed by atoms with E-state index in [1.165, 1.54) is 0 Å².